The van der Waals surface area contributed by atoms with Gasteiger partial charge in [-0.15, -0.1) is 0 Å². The second-order valence-electron chi connectivity index (χ2n) is 16.7. The van der Waals surface area contributed by atoms with Crippen molar-refractivity contribution in [3.8, 4) is 11.3 Å². The number of hydrogen-bond acceptors (Lipinski definition) is 12. The number of carboxylic acids is 1. The van der Waals surface area contributed by atoms with E-state index in [1.807, 2.05) is 49.3 Å². The maximum Gasteiger partial charge on any atom is 0.303 e. The first kappa shape index (κ1) is 51.2. The van der Waals surface area contributed by atoms with Gasteiger partial charge in [-0.05, 0) is 98.6 Å². The molecule has 1 aromatic carbocycles. The fourth-order valence-electron chi connectivity index (χ4n) is 7.94. The van der Waals surface area contributed by atoms with Gasteiger partial charge in [0, 0.05) is 61.5 Å². The predicted octanol–water partition coefficient (Wildman–Crippen LogP) is 5.02. The van der Waals surface area contributed by atoms with Crippen LogP contribution in [-0.2, 0) is 50.7 Å². The zero-order valence-corrected chi connectivity index (χ0v) is 39.0. The standard InChI is InChI=1S/C43H59N3O14S3/c1-7-45(23-13-27-62(53,54)55)36-20-18-32-33(42(2,3)4)28-30(60-40(32)39(36)41(49)44-22-25-59-6)14-11-15-37-43(5,21-12-26-61(50,51)52)34-29-31(63(56,57)58)17-19-35(34)46(37)24-10-8-9-16-38(47)48/h11,14-15,17-20,28-29H,7-10,12-13,16,21-27H2,1-6H3,(H4-,44,47,48,49,50,51,52,53,54,55,56,57,58). The number of methoxy groups -OCH3 is 1. The Hall–Kier alpha value is -4.44. The molecular weight excluding hydrogens is 879 g/mol. The number of carbonyl (C=O) groups excluding carboxylic acids is 1. The molecular formula is C43H59N3O14S3. The van der Waals surface area contributed by atoms with Crippen LogP contribution < -0.4 is 20.1 Å². The number of aliphatic carboxylic acids is 1. The first-order valence-corrected chi connectivity index (χ1v) is 25.3. The summed E-state index contributed by atoms with van der Waals surface area (Å²) in [6.07, 6.45) is 6.84. The summed E-state index contributed by atoms with van der Waals surface area (Å²) in [5, 5.41) is 12.5. The number of fused-ring (bicyclic) bond motifs is 2. The van der Waals surface area contributed by atoms with Gasteiger partial charge in [-0.1, -0.05) is 33.3 Å². The summed E-state index contributed by atoms with van der Waals surface area (Å²) in [5.74, 6) is -1.83. The first-order valence-electron chi connectivity index (χ1n) is 20.7. The lowest BCUT2D eigenvalue weighted by Crippen LogP contribution is -2.40. The number of amides is 1. The van der Waals surface area contributed by atoms with Crippen LogP contribution in [0.5, 0.6) is 0 Å². The average Bonchev–Trinajstić information content (AvgIpc) is 3.39. The predicted molar refractivity (Wildman–Crippen MR) is 238 cm³/mol. The summed E-state index contributed by atoms with van der Waals surface area (Å²) in [6.45, 7) is 11.0. The molecule has 17 nitrogen and oxygen atoms in total. The van der Waals surface area contributed by atoms with Gasteiger partial charge < -0.3 is 29.0 Å². The zero-order valence-electron chi connectivity index (χ0n) is 36.5. The molecule has 0 spiro atoms. The Bertz CT molecular complexity index is 2590. The lowest BCUT2D eigenvalue weighted by atomic mass is 9.77. The van der Waals surface area contributed by atoms with Crippen molar-refractivity contribution < 1.29 is 62.8 Å². The van der Waals surface area contributed by atoms with E-state index < -0.39 is 69.5 Å². The summed E-state index contributed by atoms with van der Waals surface area (Å²) in [5.41, 5.74) is 1.79. The van der Waals surface area contributed by atoms with Crippen LogP contribution in [0.1, 0.15) is 107 Å². The summed E-state index contributed by atoms with van der Waals surface area (Å²) in [7, 11) is -12.0. The van der Waals surface area contributed by atoms with Gasteiger partial charge in [-0.25, -0.2) is 13.0 Å². The molecule has 4 N–H and O–H groups in total. The summed E-state index contributed by atoms with van der Waals surface area (Å²) in [6, 6.07) is 9.52. The number of hydrogen-bond donors (Lipinski definition) is 4. The minimum Gasteiger partial charge on any atom is -0.744 e. The van der Waals surface area contributed by atoms with Crippen LogP contribution in [0.3, 0.4) is 0 Å². The number of nitrogens with one attached hydrogen (secondary N) is 1. The molecule has 0 bridgehead atoms. The molecule has 0 aromatic heterocycles. The third-order valence-electron chi connectivity index (χ3n) is 11.0. The molecule has 0 saturated carbocycles. The largest absolute Gasteiger partial charge is 0.744 e. The maximum atomic E-state index is 14.1. The third-order valence-corrected chi connectivity index (χ3v) is 13.4. The quantitative estimate of drug-likeness (QED) is 0.0586. The number of allylic oxidation sites excluding steroid dienone is 3. The molecule has 0 saturated heterocycles. The Morgan fingerprint density at radius 2 is 1.65 bits per heavy atom. The summed E-state index contributed by atoms with van der Waals surface area (Å²) in [4.78, 5) is 26.8. The second-order valence-corrected chi connectivity index (χ2v) is 21.3. The molecule has 1 aliphatic carbocycles. The van der Waals surface area contributed by atoms with Crippen LogP contribution in [0.4, 0.5) is 5.69 Å². The van der Waals surface area contributed by atoms with Crippen LogP contribution in [0.15, 0.2) is 63.6 Å². The fourth-order valence-corrected chi connectivity index (χ4v) is 9.44. The normalized spacial score (nSPS) is 17.2. The lowest BCUT2D eigenvalue weighted by Gasteiger charge is -2.30. The highest BCUT2D eigenvalue weighted by Gasteiger charge is 2.43. The van der Waals surface area contributed by atoms with Gasteiger partial charge in [-0.3, -0.25) is 18.7 Å². The summed E-state index contributed by atoms with van der Waals surface area (Å²) < 4.78 is 116. The van der Waals surface area contributed by atoms with Crippen LogP contribution in [-0.4, -0.2) is 107 Å². The summed E-state index contributed by atoms with van der Waals surface area (Å²) >= 11 is 0. The number of carboxylic acid groups (broad SMARTS) is 1. The van der Waals surface area contributed by atoms with Gasteiger partial charge in [0.15, 0.2) is 11.3 Å². The van der Waals surface area contributed by atoms with Crippen molar-refractivity contribution in [3.05, 3.63) is 82.1 Å². The van der Waals surface area contributed by atoms with Crippen molar-refractivity contribution in [3.63, 3.8) is 0 Å². The van der Waals surface area contributed by atoms with Gasteiger partial charge in [0.25, 0.3) is 26.1 Å². The average molecular weight is 938 g/mol. The Morgan fingerprint density at radius 3 is 2.25 bits per heavy atom. The van der Waals surface area contributed by atoms with E-state index in [1.54, 1.807) is 31.2 Å². The van der Waals surface area contributed by atoms with Crippen molar-refractivity contribution in [1.82, 2.24) is 9.89 Å². The van der Waals surface area contributed by atoms with Gasteiger partial charge in [0.2, 0.25) is 5.36 Å². The van der Waals surface area contributed by atoms with E-state index in [2.05, 4.69) is 5.32 Å². The highest BCUT2D eigenvalue weighted by atomic mass is 32.2. The van der Waals surface area contributed by atoms with Gasteiger partial charge >= 0.3 is 5.97 Å². The fraction of sp³-hybridized carbons (Fsp3) is 0.512. The molecule has 0 radical (unpaired) electrons. The highest BCUT2D eigenvalue weighted by molar-refractivity contribution is 7.86. The van der Waals surface area contributed by atoms with E-state index in [9.17, 15) is 53.6 Å². The van der Waals surface area contributed by atoms with Gasteiger partial charge in [0.1, 0.15) is 29.0 Å². The van der Waals surface area contributed by atoms with Crippen LogP contribution in [0.2, 0.25) is 0 Å². The molecule has 4 rings (SSSR count). The number of unbranched alkanes of at least 4 members (excludes halogenated alkanes) is 2. The molecule has 63 heavy (non-hydrogen) atoms. The maximum absolute atomic E-state index is 14.1. The van der Waals surface area contributed by atoms with Crippen LogP contribution in [0, 0.1) is 0 Å². The van der Waals surface area contributed by atoms with Crippen molar-refractivity contribution in [2.24, 2.45) is 0 Å². The van der Waals surface area contributed by atoms with Gasteiger partial charge in [0.05, 0.1) is 23.0 Å². The highest BCUT2D eigenvalue weighted by Crippen LogP contribution is 2.51. The smallest absolute Gasteiger partial charge is 0.303 e. The van der Waals surface area contributed by atoms with E-state index >= 15 is 0 Å². The zero-order chi connectivity index (χ0) is 47.0. The van der Waals surface area contributed by atoms with Crippen molar-refractivity contribution in [2.45, 2.75) is 95.3 Å². The topological polar surface area (TPSA) is 261 Å². The second kappa shape index (κ2) is 21.0. The number of anilines is 1. The van der Waals surface area contributed by atoms with Gasteiger partial charge in [-0.2, -0.15) is 16.8 Å². The number of nitrogens with zero attached hydrogens (tertiary/aromatic N) is 2. The monoisotopic (exact) mass is 937 g/mol. The molecule has 1 amide bonds. The molecule has 348 valence electrons. The molecule has 3 aliphatic rings. The molecule has 1 aromatic rings. The van der Waals surface area contributed by atoms with Crippen molar-refractivity contribution in [2.75, 3.05) is 56.3 Å². The SMILES string of the molecule is CC[N+](CCCS(=O)(=O)O)=c1ccc2c(C(C)(C)C)cc(/C=C/C=C3/N(CCCCCC(=O)O)c4ccc(S(=O)(=O)[O-])cc4C3(C)CCCS(=O)(=O)O)oc-2c1C(=O)NCCOC. The Morgan fingerprint density at radius 1 is 0.968 bits per heavy atom. The molecule has 1 atom stereocenters. The third kappa shape index (κ3) is 13.8. The number of benzene rings is 2. The minimum absolute atomic E-state index is 0.0194. The number of carbonyl (C=O) groups is 2. The molecule has 2 aliphatic heterocycles. The Labute approximate surface area is 370 Å². The van der Waals surface area contributed by atoms with Crippen molar-refractivity contribution in [1.29, 1.82) is 0 Å². The van der Waals surface area contributed by atoms with Crippen molar-refractivity contribution >= 4 is 54.0 Å². The number of ether oxygens (including phenoxy) is 1. The van der Waals surface area contributed by atoms with E-state index in [4.69, 9.17) is 9.15 Å². The molecule has 2 heterocycles. The minimum atomic E-state index is -4.89. The number of rotatable bonds is 22. The first-order chi connectivity index (χ1) is 29.3. The molecule has 0 fully saturated rings. The van der Waals surface area contributed by atoms with E-state index in [1.165, 1.54) is 25.3 Å². The lowest BCUT2D eigenvalue weighted by molar-refractivity contribution is -0.137. The van der Waals surface area contributed by atoms with Crippen LogP contribution >= 0.6 is 0 Å². The van der Waals surface area contributed by atoms with E-state index in [-0.39, 0.29) is 56.7 Å². The van der Waals surface area contributed by atoms with E-state index in [0.29, 0.717) is 66.0 Å². The Balaban J connectivity index is 1.97. The molecule has 1 unspecified atom stereocenters. The molecule has 20 heteroatoms. The Kier molecular flexibility index (Phi) is 17.1. The van der Waals surface area contributed by atoms with E-state index in [0.717, 1.165) is 5.56 Å². The van der Waals surface area contributed by atoms with Crippen LogP contribution in [0.25, 0.3) is 17.4 Å².